The molecule has 146 valence electrons. The molecule has 0 aliphatic carbocycles. The summed E-state index contributed by atoms with van der Waals surface area (Å²) in [6.07, 6.45) is 0.276. The van der Waals surface area contributed by atoms with E-state index in [1.807, 2.05) is 37.3 Å². The molecule has 2 aliphatic rings. The average molecular weight is 380 g/mol. The number of carbonyl (C=O) groups is 2. The number of piperazine rings is 1. The third-order valence-corrected chi connectivity index (χ3v) is 5.55. The molecule has 0 radical (unpaired) electrons. The maximum absolute atomic E-state index is 13.1. The first-order valence-corrected chi connectivity index (χ1v) is 9.91. The number of anilines is 2. The SMILES string of the molecule is CCOc1cccc(N2C(=O)C[C@H]([NH+]3CCN(c4ccccc4)CC3)C2=O)c1. The van der Waals surface area contributed by atoms with Crippen LogP contribution in [0.4, 0.5) is 11.4 Å². The fourth-order valence-electron chi connectivity index (χ4n) is 4.14. The Morgan fingerprint density at radius 3 is 2.43 bits per heavy atom. The van der Waals surface area contributed by atoms with Crippen molar-refractivity contribution in [1.29, 1.82) is 0 Å². The minimum absolute atomic E-state index is 0.0955. The molecule has 1 atom stereocenters. The van der Waals surface area contributed by atoms with E-state index in [1.165, 1.54) is 15.5 Å². The molecule has 28 heavy (non-hydrogen) atoms. The van der Waals surface area contributed by atoms with Crippen molar-refractivity contribution in [3.63, 3.8) is 0 Å². The molecule has 4 rings (SSSR count). The van der Waals surface area contributed by atoms with Crippen molar-refractivity contribution in [2.45, 2.75) is 19.4 Å². The molecule has 2 amide bonds. The fourth-order valence-corrected chi connectivity index (χ4v) is 4.14. The molecule has 6 nitrogen and oxygen atoms in total. The molecule has 2 heterocycles. The maximum Gasteiger partial charge on any atom is 0.292 e. The molecule has 0 saturated carbocycles. The van der Waals surface area contributed by atoms with Crippen molar-refractivity contribution < 1.29 is 19.2 Å². The number of carbonyl (C=O) groups excluding carboxylic acids is 2. The molecule has 1 N–H and O–H groups in total. The van der Waals surface area contributed by atoms with Gasteiger partial charge in [-0.1, -0.05) is 24.3 Å². The minimum Gasteiger partial charge on any atom is -0.494 e. The predicted octanol–water partition coefficient (Wildman–Crippen LogP) is 1.12. The number of nitrogens with one attached hydrogen (secondary N) is 1. The Morgan fingerprint density at radius 2 is 1.71 bits per heavy atom. The number of rotatable bonds is 5. The van der Waals surface area contributed by atoms with Crippen molar-refractivity contribution in [2.75, 3.05) is 42.6 Å². The summed E-state index contributed by atoms with van der Waals surface area (Å²) in [4.78, 5) is 30.6. The minimum atomic E-state index is -0.291. The molecule has 0 aromatic heterocycles. The van der Waals surface area contributed by atoms with Crippen LogP contribution < -0.4 is 19.4 Å². The van der Waals surface area contributed by atoms with Gasteiger partial charge < -0.3 is 14.5 Å². The predicted molar refractivity (Wildman–Crippen MR) is 108 cm³/mol. The fraction of sp³-hybridized carbons (Fsp3) is 0.364. The van der Waals surface area contributed by atoms with Gasteiger partial charge in [0.25, 0.3) is 5.91 Å². The standard InChI is InChI=1S/C22H25N3O3/c1-2-28-19-10-6-9-18(15-19)25-21(26)16-20(22(25)27)24-13-11-23(12-14-24)17-7-4-3-5-8-17/h3-10,15,20H,2,11-14,16H2,1H3/p+1/t20-/m0/s1. The van der Waals surface area contributed by atoms with Crippen LogP contribution in [0.25, 0.3) is 0 Å². The molecule has 0 bridgehead atoms. The quantitative estimate of drug-likeness (QED) is 0.790. The highest BCUT2D eigenvalue weighted by atomic mass is 16.5. The van der Waals surface area contributed by atoms with Crippen LogP contribution in [0.5, 0.6) is 5.75 Å². The zero-order valence-electron chi connectivity index (χ0n) is 16.1. The Labute approximate surface area is 165 Å². The van der Waals surface area contributed by atoms with Gasteiger partial charge in [-0.2, -0.15) is 0 Å². The third kappa shape index (κ3) is 3.60. The average Bonchev–Trinajstić information content (AvgIpc) is 3.03. The van der Waals surface area contributed by atoms with Gasteiger partial charge in [0.2, 0.25) is 5.91 Å². The topological polar surface area (TPSA) is 54.3 Å². The molecule has 2 saturated heterocycles. The number of ether oxygens (including phenoxy) is 1. The Hall–Kier alpha value is -2.86. The van der Waals surface area contributed by atoms with E-state index in [0.717, 1.165) is 26.2 Å². The van der Waals surface area contributed by atoms with Gasteiger partial charge in [0.1, 0.15) is 5.75 Å². The van der Waals surface area contributed by atoms with Crippen molar-refractivity contribution >= 4 is 23.2 Å². The second kappa shape index (κ2) is 8.02. The monoisotopic (exact) mass is 380 g/mol. The lowest BCUT2D eigenvalue weighted by atomic mass is 10.1. The van der Waals surface area contributed by atoms with Crippen molar-refractivity contribution in [1.82, 2.24) is 0 Å². The Morgan fingerprint density at radius 1 is 1.00 bits per heavy atom. The first-order valence-electron chi connectivity index (χ1n) is 9.91. The zero-order valence-corrected chi connectivity index (χ0v) is 16.1. The molecular weight excluding hydrogens is 354 g/mol. The summed E-state index contributed by atoms with van der Waals surface area (Å²) in [5.41, 5.74) is 1.82. The van der Waals surface area contributed by atoms with E-state index in [0.29, 0.717) is 18.0 Å². The van der Waals surface area contributed by atoms with Crippen LogP contribution in [0.3, 0.4) is 0 Å². The number of nitrogens with zero attached hydrogens (tertiary/aromatic N) is 2. The lowest BCUT2D eigenvalue weighted by molar-refractivity contribution is -0.915. The van der Waals surface area contributed by atoms with E-state index in [4.69, 9.17) is 4.74 Å². The maximum atomic E-state index is 13.1. The van der Waals surface area contributed by atoms with Crippen LogP contribution in [-0.2, 0) is 9.59 Å². The summed E-state index contributed by atoms with van der Waals surface area (Å²) in [7, 11) is 0. The number of imide groups is 1. The van der Waals surface area contributed by atoms with E-state index >= 15 is 0 Å². The van der Waals surface area contributed by atoms with E-state index in [1.54, 1.807) is 12.1 Å². The summed E-state index contributed by atoms with van der Waals surface area (Å²) in [5, 5.41) is 0. The van der Waals surface area contributed by atoms with Crippen LogP contribution in [0.2, 0.25) is 0 Å². The third-order valence-electron chi connectivity index (χ3n) is 5.55. The highest BCUT2D eigenvalue weighted by Crippen LogP contribution is 2.26. The van der Waals surface area contributed by atoms with Gasteiger partial charge in [-0.05, 0) is 31.2 Å². The molecule has 2 aromatic rings. The van der Waals surface area contributed by atoms with Crippen LogP contribution in [0, 0.1) is 0 Å². The summed E-state index contributed by atoms with van der Waals surface area (Å²) < 4.78 is 5.51. The molecule has 6 heteroatoms. The number of quaternary nitrogens is 1. The van der Waals surface area contributed by atoms with Crippen molar-refractivity contribution in [3.05, 3.63) is 54.6 Å². The number of amides is 2. The Bertz CT molecular complexity index is 847. The van der Waals surface area contributed by atoms with Crippen molar-refractivity contribution in [3.8, 4) is 5.75 Å². The number of hydrogen-bond acceptors (Lipinski definition) is 4. The highest BCUT2D eigenvalue weighted by Gasteiger charge is 2.46. The van der Waals surface area contributed by atoms with Gasteiger partial charge in [-0.3, -0.25) is 9.59 Å². The van der Waals surface area contributed by atoms with E-state index in [9.17, 15) is 9.59 Å². The Balaban J connectivity index is 1.44. The summed E-state index contributed by atoms with van der Waals surface area (Å²) in [6.45, 7) is 5.93. The van der Waals surface area contributed by atoms with E-state index < -0.39 is 0 Å². The molecule has 2 aliphatic heterocycles. The van der Waals surface area contributed by atoms with Crippen LogP contribution in [0.1, 0.15) is 13.3 Å². The molecule has 2 fully saturated rings. The lowest BCUT2D eigenvalue weighted by Crippen LogP contribution is -3.19. The first-order chi connectivity index (χ1) is 13.7. The van der Waals surface area contributed by atoms with E-state index in [-0.39, 0.29) is 24.3 Å². The van der Waals surface area contributed by atoms with Crippen LogP contribution in [-0.4, -0.2) is 50.6 Å². The zero-order chi connectivity index (χ0) is 19.5. The molecular formula is C22H26N3O3+. The largest absolute Gasteiger partial charge is 0.494 e. The summed E-state index contributed by atoms with van der Waals surface area (Å²) >= 11 is 0. The molecule has 0 unspecified atom stereocenters. The van der Waals surface area contributed by atoms with Gasteiger partial charge in [0.15, 0.2) is 6.04 Å². The first kappa shape index (κ1) is 18.5. The van der Waals surface area contributed by atoms with Crippen molar-refractivity contribution in [2.24, 2.45) is 0 Å². The molecule has 0 spiro atoms. The molecule has 2 aromatic carbocycles. The van der Waals surface area contributed by atoms with Gasteiger partial charge in [-0.15, -0.1) is 0 Å². The van der Waals surface area contributed by atoms with E-state index in [2.05, 4.69) is 17.0 Å². The van der Waals surface area contributed by atoms with Gasteiger partial charge in [-0.25, -0.2) is 4.90 Å². The number of benzene rings is 2. The highest BCUT2D eigenvalue weighted by molar-refractivity contribution is 6.21. The van der Waals surface area contributed by atoms with Crippen LogP contribution >= 0.6 is 0 Å². The van der Waals surface area contributed by atoms with Gasteiger partial charge >= 0.3 is 0 Å². The smallest absolute Gasteiger partial charge is 0.292 e. The number of para-hydroxylation sites is 1. The second-order valence-electron chi connectivity index (χ2n) is 7.24. The Kier molecular flexibility index (Phi) is 5.30. The van der Waals surface area contributed by atoms with Gasteiger partial charge in [0.05, 0.1) is 44.9 Å². The normalized spacial score (nSPS) is 20.7. The second-order valence-corrected chi connectivity index (χ2v) is 7.24. The number of hydrogen-bond donors (Lipinski definition) is 1. The van der Waals surface area contributed by atoms with Gasteiger partial charge in [0, 0.05) is 11.8 Å². The lowest BCUT2D eigenvalue weighted by Gasteiger charge is -2.35. The van der Waals surface area contributed by atoms with Crippen LogP contribution in [0.15, 0.2) is 54.6 Å². The summed E-state index contributed by atoms with van der Waals surface area (Å²) in [6, 6.07) is 17.3. The summed E-state index contributed by atoms with van der Waals surface area (Å²) in [5.74, 6) is 0.455.